The van der Waals surface area contributed by atoms with Crippen LogP contribution in [0.4, 0.5) is 0 Å². The molecule has 156 valence electrons. The third-order valence-corrected chi connectivity index (χ3v) is 7.25. The lowest BCUT2D eigenvalue weighted by molar-refractivity contribution is -0.124. The fourth-order valence-corrected chi connectivity index (χ4v) is 5.89. The maximum atomic E-state index is 12.7. The van der Waals surface area contributed by atoms with E-state index < -0.39 is 10.0 Å². The van der Waals surface area contributed by atoms with E-state index >= 15 is 0 Å². The minimum absolute atomic E-state index is 0.00750. The van der Waals surface area contributed by atoms with E-state index in [1.807, 2.05) is 20.8 Å². The van der Waals surface area contributed by atoms with E-state index in [0.717, 1.165) is 32.4 Å². The van der Waals surface area contributed by atoms with Gasteiger partial charge >= 0.3 is 0 Å². The Balaban J connectivity index is 1.54. The highest BCUT2D eigenvalue weighted by Crippen LogP contribution is 2.54. The summed E-state index contributed by atoms with van der Waals surface area (Å²) in [5.74, 6) is 0.0225. The van der Waals surface area contributed by atoms with E-state index in [2.05, 4.69) is 14.9 Å². The van der Waals surface area contributed by atoms with Crippen LogP contribution in [0.2, 0.25) is 10.0 Å². The number of carbonyl (C=O) groups excluding carboxylic acids is 1. The van der Waals surface area contributed by atoms with Crippen LogP contribution in [0.1, 0.15) is 40.0 Å². The van der Waals surface area contributed by atoms with Crippen LogP contribution in [0.5, 0.6) is 0 Å². The van der Waals surface area contributed by atoms with Crippen molar-refractivity contribution in [2.24, 2.45) is 5.41 Å². The molecule has 1 aliphatic carbocycles. The van der Waals surface area contributed by atoms with Gasteiger partial charge in [0.1, 0.15) is 0 Å². The summed E-state index contributed by atoms with van der Waals surface area (Å²) >= 11 is 11.9. The van der Waals surface area contributed by atoms with Crippen molar-refractivity contribution in [1.29, 1.82) is 0 Å². The summed E-state index contributed by atoms with van der Waals surface area (Å²) < 4.78 is 28.1. The second kappa shape index (κ2) is 7.76. The van der Waals surface area contributed by atoms with Gasteiger partial charge in [0.25, 0.3) is 0 Å². The zero-order valence-corrected chi connectivity index (χ0v) is 18.7. The van der Waals surface area contributed by atoms with Crippen molar-refractivity contribution < 1.29 is 13.2 Å². The second-order valence-corrected chi connectivity index (χ2v) is 11.5. The van der Waals surface area contributed by atoms with Gasteiger partial charge in [0.2, 0.25) is 15.9 Å². The smallest absolute Gasteiger partial charge is 0.240 e. The van der Waals surface area contributed by atoms with Crippen molar-refractivity contribution in [3.63, 3.8) is 0 Å². The van der Waals surface area contributed by atoms with Gasteiger partial charge in [-0.05, 0) is 76.7 Å². The molecule has 1 aliphatic heterocycles. The first-order valence-corrected chi connectivity index (χ1v) is 11.6. The summed E-state index contributed by atoms with van der Waals surface area (Å²) in [6, 6.07) is 4.23. The standard InChI is InChI=1S/C19H27Cl2N3O3S/c1-18(2,3)22-17(25)12-24-6-4-19(5-7-24)11-16(19)23-28(26,27)15-9-13(20)8-14(21)10-15/h8-10,16,23H,4-7,11-12H2,1-3H3,(H,22,25). The number of halogens is 2. The number of carbonyl (C=O) groups is 1. The monoisotopic (exact) mass is 447 g/mol. The maximum Gasteiger partial charge on any atom is 0.240 e. The third-order valence-electron chi connectivity index (χ3n) is 5.37. The SMILES string of the molecule is CC(C)(C)NC(=O)CN1CCC2(CC1)CC2NS(=O)(=O)c1cc(Cl)cc(Cl)c1. The topological polar surface area (TPSA) is 78.5 Å². The van der Waals surface area contributed by atoms with Crippen LogP contribution in [0.3, 0.4) is 0 Å². The fourth-order valence-electron chi connectivity index (χ4n) is 3.82. The van der Waals surface area contributed by atoms with Gasteiger partial charge in [-0.25, -0.2) is 13.1 Å². The molecule has 1 saturated carbocycles. The molecule has 6 nitrogen and oxygen atoms in total. The van der Waals surface area contributed by atoms with Gasteiger partial charge in [0.15, 0.2) is 0 Å². The molecule has 1 unspecified atom stereocenters. The van der Waals surface area contributed by atoms with Crippen molar-refractivity contribution >= 4 is 39.1 Å². The van der Waals surface area contributed by atoms with E-state index in [1.165, 1.54) is 18.2 Å². The minimum atomic E-state index is -3.67. The van der Waals surface area contributed by atoms with Crippen LogP contribution in [0.25, 0.3) is 0 Å². The van der Waals surface area contributed by atoms with Crippen molar-refractivity contribution in [2.75, 3.05) is 19.6 Å². The molecule has 3 rings (SSSR count). The first-order chi connectivity index (χ1) is 12.9. The molecular weight excluding hydrogens is 421 g/mol. The average Bonchev–Trinajstić information content (AvgIpc) is 3.18. The Hall–Kier alpha value is -0.860. The van der Waals surface area contributed by atoms with Gasteiger partial charge in [0.05, 0.1) is 11.4 Å². The minimum Gasteiger partial charge on any atom is -0.350 e. The molecule has 1 heterocycles. The number of nitrogens with one attached hydrogen (secondary N) is 2. The molecule has 1 spiro atoms. The van der Waals surface area contributed by atoms with Gasteiger partial charge < -0.3 is 5.32 Å². The molecular formula is C19H27Cl2N3O3S. The Morgan fingerprint density at radius 3 is 2.29 bits per heavy atom. The Bertz CT molecular complexity index is 839. The lowest BCUT2D eigenvalue weighted by Crippen LogP contribution is -2.48. The van der Waals surface area contributed by atoms with E-state index in [-0.39, 0.29) is 27.8 Å². The van der Waals surface area contributed by atoms with Crippen LogP contribution in [-0.2, 0) is 14.8 Å². The first-order valence-electron chi connectivity index (χ1n) is 9.40. The van der Waals surface area contributed by atoms with Gasteiger partial charge in [-0.3, -0.25) is 9.69 Å². The number of likely N-dealkylation sites (tertiary alicyclic amines) is 1. The molecule has 2 N–H and O–H groups in total. The second-order valence-electron chi connectivity index (χ2n) is 8.92. The molecule has 28 heavy (non-hydrogen) atoms. The maximum absolute atomic E-state index is 12.7. The fraction of sp³-hybridized carbons (Fsp3) is 0.632. The molecule has 0 aromatic heterocycles. The van der Waals surface area contributed by atoms with Crippen LogP contribution in [-0.4, -0.2) is 50.4 Å². The Morgan fingerprint density at radius 2 is 1.75 bits per heavy atom. The highest BCUT2D eigenvalue weighted by atomic mass is 35.5. The summed E-state index contributed by atoms with van der Waals surface area (Å²) in [6.07, 6.45) is 2.57. The Morgan fingerprint density at radius 1 is 1.18 bits per heavy atom. The first kappa shape index (κ1) is 21.8. The van der Waals surface area contributed by atoms with E-state index in [4.69, 9.17) is 23.2 Å². The van der Waals surface area contributed by atoms with Crippen LogP contribution < -0.4 is 10.0 Å². The van der Waals surface area contributed by atoms with Crippen molar-refractivity contribution in [3.8, 4) is 0 Å². The number of piperidine rings is 1. The lowest BCUT2D eigenvalue weighted by atomic mass is 9.93. The van der Waals surface area contributed by atoms with E-state index in [9.17, 15) is 13.2 Å². The van der Waals surface area contributed by atoms with Crippen LogP contribution in [0, 0.1) is 5.41 Å². The van der Waals surface area contributed by atoms with Gasteiger partial charge in [0, 0.05) is 21.6 Å². The number of benzene rings is 1. The zero-order chi connectivity index (χ0) is 20.7. The predicted octanol–water partition coefficient (Wildman–Crippen LogP) is 3.04. The predicted molar refractivity (Wildman–Crippen MR) is 111 cm³/mol. The van der Waals surface area contributed by atoms with E-state index in [0.29, 0.717) is 16.6 Å². The number of amides is 1. The largest absolute Gasteiger partial charge is 0.350 e. The summed E-state index contributed by atoms with van der Waals surface area (Å²) in [5, 5.41) is 3.56. The summed E-state index contributed by atoms with van der Waals surface area (Å²) in [4.78, 5) is 14.3. The molecule has 1 aromatic rings. The molecule has 2 aliphatic rings. The van der Waals surface area contributed by atoms with Crippen molar-refractivity contribution in [2.45, 2.75) is 56.5 Å². The molecule has 1 amide bonds. The molecule has 1 aromatic carbocycles. The van der Waals surface area contributed by atoms with E-state index in [1.54, 1.807) is 0 Å². The quantitative estimate of drug-likeness (QED) is 0.726. The number of hydrogen-bond donors (Lipinski definition) is 2. The normalized spacial score (nSPS) is 22.2. The molecule has 2 fully saturated rings. The summed E-state index contributed by atoms with van der Waals surface area (Å²) in [6.45, 7) is 7.85. The molecule has 0 bridgehead atoms. The molecule has 1 atom stereocenters. The van der Waals surface area contributed by atoms with Crippen LogP contribution >= 0.6 is 23.2 Å². The van der Waals surface area contributed by atoms with Gasteiger partial charge in [-0.1, -0.05) is 23.2 Å². The molecule has 1 saturated heterocycles. The van der Waals surface area contributed by atoms with Gasteiger partial charge in [-0.15, -0.1) is 0 Å². The number of sulfonamides is 1. The highest BCUT2D eigenvalue weighted by Gasteiger charge is 2.56. The molecule has 0 radical (unpaired) electrons. The van der Waals surface area contributed by atoms with Crippen LogP contribution in [0.15, 0.2) is 23.1 Å². The highest BCUT2D eigenvalue weighted by molar-refractivity contribution is 7.89. The van der Waals surface area contributed by atoms with Crippen molar-refractivity contribution in [1.82, 2.24) is 14.9 Å². The number of hydrogen-bond acceptors (Lipinski definition) is 4. The zero-order valence-electron chi connectivity index (χ0n) is 16.4. The summed E-state index contributed by atoms with van der Waals surface area (Å²) in [7, 11) is -3.67. The molecule has 9 heteroatoms. The number of nitrogens with zero attached hydrogens (tertiary/aromatic N) is 1. The van der Waals surface area contributed by atoms with Crippen molar-refractivity contribution in [3.05, 3.63) is 28.2 Å². The average molecular weight is 448 g/mol. The summed E-state index contributed by atoms with van der Waals surface area (Å²) in [5.41, 5.74) is -0.246. The Kier molecular flexibility index (Phi) is 6.05. The number of rotatable bonds is 5. The third kappa shape index (κ3) is 5.39. The lowest BCUT2D eigenvalue weighted by Gasteiger charge is -2.33. The Labute approximate surface area is 177 Å². The van der Waals surface area contributed by atoms with Gasteiger partial charge in [-0.2, -0.15) is 0 Å².